The van der Waals surface area contributed by atoms with Gasteiger partial charge in [0.1, 0.15) is 0 Å². The molecule has 0 bridgehead atoms. The summed E-state index contributed by atoms with van der Waals surface area (Å²) in [6.45, 7) is 4.90. The van der Waals surface area contributed by atoms with Crippen molar-refractivity contribution in [2.75, 3.05) is 39.4 Å². The van der Waals surface area contributed by atoms with Gasteiger partial charge in [-0.3, -0.25) is 9.89 Å². The van der Waals surface area contributed by atoms with Crippen LogP contribution in [0, 0.1) is 5.92 Å². The van der Waals surface area contributed by atoms with Gasteiger partial charge >= 0.3 is 0 Å². The molecule has 1 aromatic carbocycles. The largest absolute Gasteiger partial charge is 0.379 e. The van der Waals surface area contributed by atoms with Crippen molar-refractivity contribution in [3.05, 3.63) is 34.9 Å². The lowest BCUT2D eigenvalue weighted by atomic mass is 9.85. The SMILES string of the molecule is I.NC(=NCC(c1cccc(Cl)c1)N1CCOCC1)NCC1CCC1. The molecule has 3 N–H and O–H groups in total. The van der Waals surface area contributed by atoms with E-state index in [2.05, 4.69) is 21.3 Å². The van der Waals surface area contributed by atoms with E-state index in [1.54, 1.807) is 0 Å². The number of halogens is 2. The van der Waals surface area contributed by atoms with Crippen molar-refractivity contribution in [3.8, 4) is 0 Å². The second-order valence-electron chi connectivity index (χ2n) is 6.62. The first-order chi connectivity index (χ1) is 11.7. The summed E-state index contributed by atoms with van der Waals surface area (Å²) in [7, 11) is 0. The Labute approximate surface area is 172 Å². The minimum atomic E-state index is 0. The highest BCUT2D eigenvalue weighted by Gasteiger charge is 2.23. The van der Waals surface area contributed by atoms with Crippen LogP contribution in [0.25, 0.3) is 0 Å². The van der Waals surface area contributed by atoms with E-state index in [0.717, 1.165) is 43.8 Å². The molecule has 2 fully saturated rings. The fraction of sp³-hybridized carbons (Fsp3) is 0.611. The molecule has 0 amide bonds. The maximum Gasteiger partial charge on any atom is 0.188 e. The van der Waals surface area contributed by atoms with Crippen LogP contribution in [0.3, 0.4) is 0 Å². The summed E-state index contributed by atoms with van der Waals surface area (Å²) in [5, 5.41) is 4.02. The molecule has 1 saturated carbocycles. The zero-order valence-corrected chi connectivity index (χ0v) is 17.6. The van der Waals surface area contributed by atoms with Crippen molar-refractivity contribution in [1.82, 2.24) is 10.2 Å². The van der Waals surface area contributed by atoms with E-state index in [-0.39, 0.29) is 30.0 Å². The summed E-state index contributed by atoms with van der Waals surface area (Å²) in [6, 6.07) is 8.21. The lowest BCUT2D eigenvalue weighted by Gasteiger charge is -2.34. The minimum absolute atomic E-state index is 0. The normalized spacial score (nSPS) is 20.4. The molecule has 1 aliphatic carbocycles. The summed E-state index contributed by atoms with van der Waals surface area (Å²) < 4.78 is 5.48. The second kappa shape index (κ2) is 10.5. The van der Waals surface area contributed by atoms with Crippen molar-refractivity contribution in [1.29, 1.82) is 0 Å². The van der Waals surface area contributed by atoms with E-state index in [4.69, 9.17) is 22.1 Å². The predicted octanol–water partition coefficient (Wildman–Crippen LogP) is 3.04. The average molecular weight is 479 g/mol. The van der Waals surface area contributed by atoms with Crippen LogP contribution in [0.1, 0.15) is 30.9 Å². The Hall–Kier alpha value is -0.570. The smallest absolute Gasteiger partial charge is 0.188 e. The van der Waals surface area contributed by atoms with E-state index in [1.165, 1.54) is 24.8 Å². The third-order valence-electron chi connectivity index (χ3n) is 4.95. The van der Waals surface area contributed by atoms with E-state index < -0.39 is 0 Å². The zero-order valence-electron chi connectivity index (χ0n) is 14.5. The zero-order chi connectivity index (χ0) is 16.8. The first-order valence-corrected chi connectivity index (χ1v) is 9.21. The number of ether oxygens (including phenoxy) is 1. The summed E-state index contributed by atoms with van der Waals surface area (Å²) in [6.07, 6.45) is 3.95. The summed E-state index contributed by atoms with van der Waals surface area (Å²) >= 11 is 6.18. The Morgan fingerprint density at radius 1 is 1.36 bits per heavy atom. The number of guanidine groups is 1. The van der Waals surface area contributed by atoms with Crippen LogP contribution >= 0.6 is 35.6 Å². The van der Waals surface area contributed by atoms with Gasteiger partial charge in [0.25, 0.3) is 0 Å². The average Bonchev–Trinajstić information content (AvgIpc) is 2.55. The Morgan fingerprint density at radius 2 is 2.12 bits per heavy atom. The monoisotopic (exact) mass is 478 g/mol. The van der Waals surface area contributed by atoms with Crippen LogP contribution in [0.4, 0.5) is 0 Å². The molecule has 1 heterocycles. The third kappa shape index (κ3) is 6.27. The lowest BCUT2D eigenvalue weighted by Crippen LogP contribution is -2.41. The van der Waals surface area contributed by atoms with Crippen LogP contribution in [-0.4, -0.2) is 50.3 Å². The van der Waals surface area contributed by atoms with Gasteiger partial charge in [-0.25, -0.2) is 0 Å². The van der Waals surface area contributed by atoms with Gasteiger partial charge < -0.3 is 15.8 Å². The van der Waals surface area contributed by atoms with Crippen molar-refractivity contribution in [2.45, 2.75) is 25.3 Å². The fourth-order valence-corrected chi connectivity index (χ4v) is 3.42. The van der Waals surface area contributed by atoms with Crippen LogP contribution in [-0.2, 0) is 4.74 Å². The lowest BCUT2D eigenvalue weighted by molar-refractivity contribution is 0.0180. The van der Waals surface area contributed by atoms with Gasteiger partial charge in [0.2, 0.25) is 0 Å². The highest BCUT2D eigenvalue weighted by molar-refractivity contribution is 14.0. The maximum atomic E-state index is 6.18. The number of nitrogens with one attached hydrogen (secondary N) is 1. The Bertz CT molecular complexity index is 562. The molecule has 1 atom stereocenters. The second-order valence-corrected chi connectivity index (χ2v) is 7.06. The molecule has 1 aromatic rings. The number of rotatable bonds is 6. The number of nitrogens with two attached hydrogens (primary N) is 1. The quantitative estimate of drug-likeness (QED) is 0.375. The number of hydrogen-bond donors (Lipinski definition) is 2. The number of morpholine rings is 1. The molecule has 7 heteroatoms. The van der Waals surface area contributed by atoms with Gasteiger partial charge in [-0.2, -0.15) is 0 Å². The van der Waals surface area contributed by atoms with E-state index in [1.807, 2.05) is 18.2 Å². The Balaban J connectivity index is 0.00000225. The van der Waals surface area contributed by atoms with E-state index in [9.17, 15) is 0 Å². The van der Waals surface area contributed by atoms with Gasteiger partial charge in [-0.1, -0.05) is 30.2 Å². The molecule has 0 spiro atoms. The molecule has 1 aliphatic heterocycles. The third-order valence-corrected chi connectivity index (χ3v) is 5.19. The number of aliphatic imine (C=N–C) groups is 1. The van der Waals surface area contributed by atoms with Crippen LogP contribution in [0.15, 0.2) is 29.3 Å². The Kier molecular flexibility index (Phi) is 8.75. The van der Waals surface area contributed by atoms with Gasteiger partial charge in [0, 0.05) is 24.7 Å². The van der Waals surface area contributed by atoms with Gasteiger partial charge in [-0.15, -0.1) is 24.0 Å². The number of benzene rings is 1. The first kappa shape index (κ1) is 20.7. The van der Waals surface area contributed by atoms with Crippen molar-refractivity contribution < 1.29 is 4.74 Å². The molecule has 1 saturated heterocycles. The summed E-state index contributed by atoms with van der Waals surface area (Å²) in [5.74, 6) is 1.31. The highest BCUT2D eigenvalue weighted by Crippen LogP contribution is 2.26. The van der Waals surface area contributed by atoms with Gasteiger partial charge in [-0.05, 0) is 36.5 Å². The number of nitrogens with zero attached hydrogens (tertiary/aromatic N) is 2. The van der Waals surface area contributed by atoms with E-state index >= 15 is 0 Å². The molecular weight excluding hydrogens is 451 g/mol. The topological polar surface area (TPSA) is 62.9 Å². The molecule has 1 unspecified atom stereocenters. The predicted molar refractivity (Wildman–Crippen MR) is 114 cm³/mol. The van der Waals surface area contributed by atoms with Crippen molar-refractivity contribution in [2.24, 2.45) is 16.6 Å². The van der Waals surface area contributed by atoms with Gasteiger partial charge in [0.15, 0.2) is 5.96 Å². The molecule has 3 rings (SSSR count). The molecule has 0 radical (unpaired) electrons. The fourth-order valence-electron chi connectivity index (χ4n) is 3.22. The maximum absolute atomic E-state index is 6.18. The summed E-state index contributed by atoms with van der Waals surface area (Å²) in [5.41, 5.74) is 7.24. The molecule has 5 nitrogen and oxygen atoms in total. The highest BCUT2D eigenvalue weighted by atomic mass is 127. The summed E-state index contributed by atoms with van der Waals surface area (Å²) in [4.78, 5) is 6.99. The molecule has 2 aliphatic rings. The van der Waals surface area contributed by atoms with Crippen molar-refractivity contribution in [3.63, 3.8) is 0 Å². The standard InChI is InChI=1S/C18H27ClN4O.HI/c19-16-6-2-5-15(11-16)17(23-7-9-24-10-8-23)13-22-18(20)21-12-14-3-1-4-14;/h2,5-6,11,14,17H,1,3-4,7-10,12-13H2,(H3,20,21,22);1H. The van der Waals surface area contributed by atoms with Crippen LogP contribution in [0.5, 0.6) is 0 Å². The molecule has 25 heavy (non-hydrogen) atoms. The Morgan fingerprint density at radius 3 is 2.76 bits per heavy atom. The van der Waals surface area contributed by atoms with E-state index in [0.29, 0.717) is 12.5 Å². The minimum Gasteiger partial charge on any atom is -0.379 e. The number of hydrogen-bond acceptors (Lipinski definition) is 3. The van der Waals surface area contributed by atoms with Gasteiger partial charge in [0.05, 0.1) is 25.8 Å². The van der Waals surface area contributed by atoms with Crippen LogP contribution in [0.2, 0.25) is 5.02 Å². The first-order valence-electron chi connectivity index (χ1n) is 8.83. The molecule has 140 valence electrons. The van der Waals surface area contributed by atoms with Crippen molar-refractivity contribution >= 4 is 41.5 Å². The molecule has 0 aromatic heterocycles. The van der Waals surface area contributed by atoms with Crippen LogP contribution < -0.4 is 11.1 Å². The molecular formula is C18H28ClIN4O.